The second-order valence-corrected chi connectivity index (χ2v) is 6.04. The molecule has 1 aromatic carbocycles. The van der Waals surface area contributed by atoms with Crippen molar-refractivity contribution in [3.8, 4) is 11.8 Å². The highest BCUT2D eigenvalue weighted by atomic mass is 16.8. The van der Waals surface area contributed by atoms with Crippen molar-refractivity contribution < 1.29 is 18.9 Å². The standard InChI is InChI=1S/C18H22O4/c1-4-5-11-14-15-16(22-18(2,3)21-15)17(20-14)19-12-13-9-7-6-8-10-13/h6-10,14-17H,11-12H2,1-3H3/t14-,15-,16-,17-/m1/s1. The molecule has 0 N–H and O–H groups in total. The molecule has 0 saturated carbocycles. The van der Waals surface area contributed by atoms with E-state index >= 15 is 0 Å². The number of hydrogen-bond donors (Lipinski definition) is 0. The monoisotopic (exact) mass is 302 g/mol. The molecule has 0 radical (unpaired) electrons. The van der Waals surface area contributed by atoms with Crippen LogP contribution in [0.25, 0.3) is 0 Å². The van der Waals surface area contributed by atoms with Crippen molar-refractivity contribution in [1.82, 2.24) is 0 Å². The lowest BCUT2D eigenvalue weighted by Gasteiger charge is -2.23. The average Bonchev–Trinajstić information content (AvgIpc) is 2.98. The Balaban J connectivity index is 1.67. The number of rotatable bonds is 4. The highest BCUT2D eigenvalue weighted by Crippen LogP contribution is 2.40. The summed E-state index contributed by atoms with van der Waals surface area (Å²) >= 11 is 0. The molecule has 0 aliphatic carbocycles. The minimum atomic E-state index is -0.606. The van der Waals surface area contributed by atoms with Gasteiger partial charge < -0.3 is 18.9 Å². The summed E-state index contributed by atoms with van der Waals surface area (Å²) in [7, 11) is 0. The molecule has 2 saturated heterocycles. The van der Waals surface area contributed by atoms with E-state index in [4.69, 9.17) is 18.9 Å². The van der Waals surface area contributed by atoms with Crippen LogP contribution in [0, 0.1) is 11.8 Å². The van der Waals surface area contributed by atoms with Crippen molar-refractivity contribution in [2.45, 2.75) is 64.2 Å². The summed E-state index contributed by atoms with van der Waals surface area (Å²) in [5, 5.41) is 0. The molecule has 22 heavy (non-hydrogen) atoms. The fraction of sp³-hybridized carbons (Fsp3) is 0.556. The van der Waals surface area contributed by atoms with E-state index in [-0.39, 0.29) is 18.3 Å². The van der Waals surface area contributed by atoms with Crippen molar-refractivity contribution in [3.05, 3.63) is 35.9 Å². The van der Waals surface area contributed by atoms with Gasteiger partial charge in [0.05, 0.1) is 6.61 Å². The zero-order valence-corrected chi connectivity index (χ0v) is 13.2. The van der Waals surface area contributed by atoms with E-state index in [1.54, 1.807) is 0 Å². The Morgan fingerprint density at radius 3 is 2.59 bits per heavy atom. The van der Waals surface area contributed by atoms with Crippen molar-refractivity contribution in [3.63, 3.8) is 0 Å². The summed E-state index contributed by atoms with van der Waals surface area (Å²) in [4.78, 5) is 0. The van der Waals surface area contributed by atoms with Crippen LogP contribution >= 0.6 is 0 Å². The molecule has 0 aromatic heterocycles. The van der Waals surface area contributed by atoms with Gasteiger partial charge in [-0.05, 0) is 26.3 Å². The van der Waals surface area contributed by atoms with E-state index in [0.717, 1.165) is 5.56 Å². The molecule has 4 atom stereocenters. The minimum absolute atomic E-state index is 0.111. The van der Waals surface area contributed by atoms with E-state index < -0.39 is 12.1 Å². The van der Waals surface area contributed by atoms with Crippen molar-refractivity contribution in [2.24, 2.45) is 0 Å². The molecular formula is C18H22O4. The Bertz CT molecular complexity index is 557. The number of benzene rings is 1. The first-order chi connectivity index (χ1) is 10.6. The van der Waals surface area contributed by atoms with Crippen LogP contribution < -0.4 is 0 Å². The summed E-state index contributed by atoms with van der Waals surface area (Å²) in [6.45, 7) is 6.15. The maximum atomic E-state index is 5.97. The maximum Gasteiger partial charge on any atom is 0.187 e. The Kier molecular flexibility index (Phi) is 4.51. The molecule has 2 aliphatic rings. The minimum Gasteiger partial charge on any atom is -0.345 e. The van der Waals surface area contributed by atoms with Gasteiger partial charge in [-0.2, -0.15) is 0 Å². The predicted octanol–water partition coefficient (Wildman–Crippen LogP) is 2.86. The summed E-state index contributed by atoms with van der Waals surface area (Å²) < 4.78 is 23.8. The molecule has 0 bridgehead atoms. The summed E-state index contributed by atoms with van der Waals surface area (Å²) in [6, 6.07) is 10.0. The van der Waals surface area contributed by atoms with Crippen molar-refractivity contribution in [1.29, 1.82) is 0 Å². The quantitative estimate of drug-likeness (QED) is 0.802. The number of hydrogen-bond acceptors (Lipinski definition) is 4. The molecule has 1 aromatic rings. The molecule has 2 fully saturated rings. The number of ether oxygens (including phenoxy) is 4. The van der Waals surface area contributed by atoms with E-state index in [2.05, 4.69) is 11.8 Å². The van der Waals surface area contributed by atoms with Gasteiger partial charge in [0.2, 0.25) is 0 Å². The van der Waals surface area contributed by atoms with Crippen LogP contribution in [0.3, 0.4) is 0 Å². The van der Waals surface area contributed by atoms with Gasteiger partial charge in [0.1, 0.15) is 18.3 Å². The molecule has 118 valence electrons. The van der Waals surface area contributed by atoms with Crippen molar-refractivity contribution >= 4 is 0 Å². The SMILES string of the molecule is CC#CC[C@H]1O[C@@H](OCc2ccccc2)[C@@H]2OC(C)(C)O[C@@H]21. The third-order valence-electron chi connectivity index (χ3n) is 3.84. The molecule has 0 amide bonds. The molecular weight excluding hydrogens is 280 g/mol. The lowest BCUT2D eigenvalue weighted by atomic mass is 10.1. The highest BCUT2D eigenvalue weighted by Gasteiger charge is 2.55. The van der Waals surface area contributed by atoms with Gasteiger partial charge in [0.25, 0.3) is 0 Å². The highest BCUT2D eigenvalue weighted by molar-refractivity contribution is 5.13. The third kappa shape index (κ3) is 3.34. The second-order valence-electron chi connectivity index (χ2n) is 6.04. The Hall–Kier alpha value is -1.38. The lowest BCUT2D eigenvalue weighted by molar-refractivity contribution is -0.235. The summed E-state index contributed by atoms with van der Waals surface area (Å²) in [5.74, 6) is 5.35. The molecule has 2 heterocycles. The van der Waals surface area contributed by atoms with Crippen LogP contribution in [0.5, 0.6) is 0 Å². The first-order valence-corrected chi connectivity index (χ1v) is 7.65. The normalized spacial score (nSPS) is 32.3. The van der Waals surface area contributed by atoms with Crippen LogP contribution in [-0.4, -0.2) is 30.4 Å². The third-order valence-corrected chi connectivity index (χ3v) is 3.84. The van der Waals surface area contributed by atoms with Gasteiger partial charge in [-0.15, -0.1) is 11.8 Å². The van der Waals surface area contributed by atoms with Crippen LogP contribution in [0.4, 0.5) is 0 Å². The van der Waals surface area contributed by atoms with E-state index in [1.165, 1.54) is 0 Å². The fourth-order valence-electron chi connectivity index (χ4n) is 2.90. The van der Waals surface area contributed by atoms with Crippen molar-refractivity contribution in [2.75, 3.05) is 0 Å². The largest absolute Gasteiger partial charge is 0.345 e. The van der Waals surface area contributed by atoms with E-state index in [1.807, 2.05) is 51.1 Å². The topological polar surface area (TPSA) is 36.9 Å². The van der Waals surface area contributed by atoms with Gasteiger partial charge in [0, 0.05) is 6.42 Å². The summed E-state index contributed by atoms with van der Waals surface area (Å²) in [6.07, 6.45) is -0.239. The van der Waals surface area contributed by atoms with Crippen LogP contribution in [0.1, 0.15) is 32.8 Å². The zero-order chi connectivity index (χ0) is 15.6. The van der Waals surface area contributed by atoms with Gasteiger partial charge >= 0.3 is 0 Å². The second kappa shape index (κ2) is 6.39. The molecule has 0 unspecified atom stereocenters. The molecule has 4 nitrogen and oxygen atoms in total. The predicted molar refractivity (Wildman–Crippen MR) is 81.8 cm³/mol. The van der Waals surface area contributed by atoms with Gasteiger partial charge in [-0.1, -0.05) is 30.3 Å². The van der Waals surface area contributed by atoms with Gasteiger partial charge in [0.15, 0.2) is 12.1 Å². The van der Waals surface area contributed by atoms with E-state index in [9.17, 15) is 0 Å². The Labute approximate surface area is 131 Å². The Morgan fingerprint density at radius 2 is 1.86 bits per heavy atom. The Morgan fingerprint density at radius 1 is 1.14 bits per heavy atom. The first-order valence-electron chi connectivity index (χ1n) is 7.65. The maximum absolute atomic E-state index is 5.97. The molecule has 0 spiro atoms. The average molecular weight is 302 g/mol. The van der Waals surface area contributed by atoms with Gasteiger partial charge in [-0.3, -0.25) is 0 Å². The van der Waals surface area contributed by atoms with Crippen LogP contribution in [-0.2, 0) is 25.6 Å². The zero-order valence-electron chi connectivity index (χ0n) is 13.2. The fourth-order valence-corrected chi connectivity index (χ4v) is 2.90. The van der Waals surface area contributed by atoms with Gasteiger partial charge in [-0.25, -0.2) is 0 Å². The van der Waals surface area contributed by atoms with Crippen LogP contribution in [0.2, 0.25) is 0 Å². The van der Waals surface area contributed by atoms with Crippen LogP contribution in [0.15, 0.2) is 30.3 Å². The lowest BCUT2D eigenvalue weighted by Crippen LogP contribution is -2.31. The first kappa shape index (κ1) is 15.5. The smallest absolute Gasteiger partial charge is 0.187 e. The summed E-state index contributed by atoms with van der Waals surface area (Å²) in [5.41, 5.74) is 1.11. The molecule has 3 rings (SSSR count). The molecule has 4 heteroatoms. The number of fused-ring (bicyclic) bond motifs is 1. The molecule has 2 aliphatic heterocycles. The van der Waals surface area contributed by atoms with E-state index in [0.29, 0.717) is 13.0 Å².